The molecule has 0 saturated carbocycles. The van der Waals surface area contributed by atoms with Crippen molar-refractivity contribution in [1.82, 2.24) is 15.0 Å². The Kier molecular flexibility index (Phi) is 3.12. The third kappa shape index (κ3) is 2.24. The van der Waals surface area contributed by atoms with Crippen LogP contribution >= 0.6 is 0 Å². The summed E-state index contributed by atoms with van der Waals surface area (Å²) < 4.78 is 2.14. The quantitative estimate of drug-likeness (QED) is 0.589. The fraction of sp³-hybridized carbons (Fsp3) is 0.0556. The smallest absolute Gasteiger partial charge is 0.261 e. The van der Waals surface area contributed by atoms with E-state index >= 15 is 0 Å². The molecule has 4 aromatic heterocycles. The fourth-order valence-corrected chi connectivity index (χ4v) is 2.66. The second kappa shape index (κ2) is 5.41. The summed E-state index contributed by atoms with van der Waals surface area (Å²) in [4.78, 5) is 12.4. The summed E-state index contributed by atoms with van der Waals surface area (Å²) >= 11 is 0. The molecule has 0 aliphatic carbocycles. The van der Waals surface area contributed by atoms with Crippen LogP contribution in [0.3, 0.4) is 0 Å². The van der Waals surface area contributed by atoms with Crippen LogP contribution < -0.4 is 4.40 Å². The predicted octanol–water partition coefficient (Wildman–Crippen LogP) is 2.80. The summed E-state index contributed by atoms with van der Waals surface area (Å²) in [7, 11) is 0. The van der Waals surface area contributed by atoms with Crippen molar-refractivity contribution in [3.8, 4) is 11.5 Å². The van der Waals surface area contributed by atoms with Gasteiger partial charge in [-0.3, -0.25) is 4.98 Å². The van der Waals surface area contributed by atoms with Gasteiger partial charge in [-0.05, 0) is 36.4 Å². The highest BCUT2D eigenvalue weighted by Crippen LogP contribution is 2.17. The molecule has 106 valence electrons. The number of nitrogens with one attached hydrogen (secondary N) is 1. The maximum atomic E-state index is 4.45. The van der Waals surface area contributed by atoms with E-state index in [9.17, 15) is 0 Å². The van der Waals surface area contributed by atoms with Crippen LogP contribution in [0.1, 0.15) is 11.4 Å². The molecule has 0 amide bonds. The zero-order chi connectivity index (χ0) is 14.8. The number of pyridine rings is 3. The van der Waals surface area contributed by atoms with Crippen molar-refractivity contribution in [3.05, 3.63) is 84.6 Å². The molecule has 4 rings (SSSR count). The van der Waals surface area contributed by atoms with Crippen molar-refractivity contribution in [2.24, 2.45) is 0 Å². The highest BCUT2D eigenvalue weighted by molar-refractivity contribution is 5.54. The number of H-pyrrole nitrogens is 1. The summed E-state index contributed by atoms with van der Waals surface area (Å²) in [6.45, 7) is 0. The van der Waals surface area contributed by atoms with Gasteiger partial charge in [0, 0.05) is 18.1 Å². The lowest BCUT2D eigenvalue weighted by atomic mass is 10.2. The van der Waals surface area contributed by atoms with E-state index in [4.69, 9.17) is 0 Å². The predicted molar refractivity (Wildman–Crippen MR) is 84.2 cm³/mol. The Labute approximate surface area is 128 Å². The van der Waals surface area contributed by atoms with E-state index in [-0.39, 0.29) is 0 Å². The molecule has 0 atom stereocenters. The summed E-state index contributed by atoms with van der Waals surface area (Å²) in [5.74, 6) is 0.988. The van der Waals surface area contributed by atoms with E-state index in [1.165, 1.54) is 0 Å². The van der Waals surface area contributed by atoms with Crippen molar-refractivity contribution in [2.45, 2.75) is 6.42 Å². The molecule has 4 heteroatoms. The van der Waals surface area contributed by atoms with Gasteiger partial charge in [0.15, 0.2) is 16.9 Å². The highest BCUT2D eigenvalue weighted by atomic mass is 15.0. The van der Waals surface area contributed by atoms with E-state index in [1.54, 1.807) is 0 Å². The Morgan fingerprint density at radius 2 is 1.68 bits per heavy atom. The zero-order valence-corrected chi connectivity index (χ0v) is 12.0. The largest absolute Gasteiger partial charge is 0.310 e. The molecule has 0 saturated heterocycles. The number of rotatable bonds is 3. The van der Waals surface area contributed by atoms with E-state index in [0.29, 0.717) is 0 Å². The third-order valence-electron chi connectivity index (χ3n) is 3.67. The molecule has 22 heavy (non-hydrogen) atoms. The second-order valence-electron chi connectivity index (χ2n) is 5.12. The van der Waals surface area contributed by atoms with Crippen LogP contribution in [0.5, 0.6) is 0 Å². The average molecular weight is 287 g/mol. The zero-order valence-electron chi connectivity index (χ0n) is 12.0. The van der Waals surface area contributed by atoms with Gasteiger partial charge in [-0.25, -0.2) is 9.97 Å². The van der Waals surface area contributed by atoms with Gasteiger partial charge >= 0.3 is 5.82 Å². The van der Waals surface area contributed by atoms with Gasteiger partial charge < -0.3 is 0 Å². The molecule has 4 nitrogen and oxygen atoms in total. The normalized spacial score (nSPS) is 10.9. The molecule has 0 aliphatic rings. The molecule has 0 fully saturated rings. The molecule has 4 aromatic rings. The summed E-state index contributed by atoms with van der Waals surface area (Å²) in [5, 5.41) is 0. The maximum Gasteiger partial charge on any atom is 0.310 e. The molecule has 0 aliphatic heterocycles. The van der Waals surface area contributed by atoms with Gasteiger partial charge in [0.05, 0.1) is 12.6 Å². The maximum absolute atomic E-state index is 4.45. The lowest BCUT2D eigenvalue weighted by Crippen LogP contribution is -2.21. The molecule has 4 heterocycles. The minimum atomic E-state index is 0.765. The minimum Gasteiger partial charge on any atom is -0.261 e. The van der Waals surface area contributed by atoms with Crippen LogP contribution in [0.2, 0.25) is 0 Å². The van der Waals surface area contributed by atoms with Gasteiger partial charge in [0.25, 0.3) is 0 Å². The Hall–Kier alpha value is -3.01. The lowest BCUT2D eigenvalue weighted by molar-refractivity contribution is -0.498. The van der Waals surface area contributed by atoms with E-state index < -0.39 is 0 Å². The SMILES string of the molecule is c1ccc(Cc2[nH]c(-c3ccccn3)[n+]3ccccc23)nc1. The van der Waals surface area contributed by atoms with Crippen LogP contribution in [0.25, 0.3) is 17.0 Å². The topological polar surface area (TPSA) is 45.7 Å². The number of hydrogen-bond donors (Lipinski definition) is 1. The molecule has 0 bridgehead atoms. The standard InChI is InChI=1S/C18H14N4/c1-4-10-19-14(7-1)13-16-17-9-3-6-12-22(17)18(21-16)15-8-2-5-11-20-15/h1-12H,13H2/p+1. The number of nitrogens with zero attached hydrogens (tertiary/aromatic N) is 3. The van der Waals surface area contributed by atoms with Gasteiger partial charge in [-0.1, -0.05) is 18.2 Å². The van der Waals surface area contributed by atoms with Crippen molar-refractivity contribution in [1.29, 1.82) is 0 Å². The number of hydrogen-bond acceptors (Lipinski definition) is 2. The minimum absolute atomic E-state index is 0.765. The van der Waals surface area contributed by atoms with Gasteiger partial charge in [0.1, 0.15) is 0 Å². The highest BCUT2D eigenvalue weighted by Gasteiger charge is 2.20. The first-order valence-corrected chi connectivity index (χ1v) is 7.24. The Morgan fingerprint density at radius 1 is 0.864 bits per heavy atom. The number of fused-ring (bicyclic) bond motifs is 1. The van der Waals surface area contributed by atoms with Crippen LogP contribution in [-0.4, -0.2) is 15.0 Å². The van der Waals surface area contributed by atoms with Crippen molar-refractivity contribution in [3.63, 3.8) is 0 Å². The van der Waals surface area contributed by atoms with Gasteiger partial charge in [-0.15, -0.1) is 0 Å². The first kappa shape index (κ1) is 12.7. The van der Waals surface area contributed by atoms with Crippen LogP contribution in [0, 0.1) is 0 Å². The lowest BCUT2D eigenvalue weighted by Gasteiger charge is -1.94. The van der Waals surface area contributed by atoms with E-state index in [1.807, 2.05) is 60.9 Å². The number of aromatic amines is 1. The molecule has 0 radical (unpaired) electrons. The Balaban J connectivity index is 1.86. The van der Waals surface area contributed by atoms with E-state index in [2.05, 4.69) is 31.6 Å². The third-order valence-corrected chi connectivity index (χ3v) is 3.67. The number of aromatic nitrogens is 4. The fourth-order valence-electron chi connectivity index (χ4n) is 2.66. The summed E-state index contributed by atoms with van der Waals surface area (Å²) in [6.07, 6.45) is 6.45. The first-order valence-electron chi connectivity index (χ1n) is 7.24. The number of imidazole rings is 1. The van der Waals surface area contributed by atoms with Crippen molar-refractivity contribution in [2.75, 3.05) is 0 Å². The summed E-state index contributed by atoms with van der Waals surface area (Å²) in [5.41, 5.74) is 4.26. The molecular weight excluding hydrogens is 272 g/mol. The van der Waals surface area contributed by atoms with Crippen molar-refractivity contribution >= 4 is 5.52 Å². The first-order chi connectivity index (χ1) is 10.9. The van der Waals surface area contributed by atoms with Crippen LogP contribution in [-0.2, 0) is 6.42 Å². The van der Waals surface area contributed by atoms with Gasteiger partial charge in [-0.2, -0.15) is 4.40 Å². The van der Waals surface area contributed by atoms with Crippen LogP contribution in [0.15, 0.2) is 73.2 Å². The molecule has 0 aromatic carbocycles. The summed E-state index contributed by atoms with van der Waals surface area (Å²) in [6, 6.07) is 18.1. The van der Waals surface area contributed by atoms with Crippen molar-refractivity contribution < 1.29 is 4.40 Å². The molecule has 0 unspecified atom stereocenters. The Morgan fingerprint density at radius 3 is 2.45 bits per heavy atom. The average Bonchev–Trinajstić information content (AvgIpc) is 2.96. The Bertz CT molecular complexity index is 898. The van der Waals surface area contributed by atoms with Crippen LogP contribution in [0.4, 0.5) is 0 Å². The second-order valence-corrected chi connectivity index (χ2v) is 5.12. The molecule has 0 spiro atoms. The molecule has 1 N–H and O–H groups in total. The molecular formula is C18H15N4+. The monoisotopic (exact) mass is 287 g/mol. The van der Waals surface area contributed by atoms with E-state index in [0.717, 1.165) is 34.8 Å². The van der Waals surface area contributed by atoms with Gasteiger partial charge in [0.2, 0.25) is 0 Å².